The predicted octanol–water partition coefficient (Wildman–Crippen LogP) is 3.03. The SMILES string of the molecule is O=C(CN1CCCC1=O)Nc1cc(C(F)(F)F)ccc1Br. The number of nitrogens with zero attached hydrogens (tertiary/aromatic N) is 1. The number of alkyl halides is 3. The van der Waals surface area contributed by atoms with Crippen molar-refractivity contribution in [1.29, 1.82) is 0 Å². The Morgan fingerprint density at radius 3 is 2.67 bits per heavy atom. The molecule has 1 aliphatic rings. The van der Waals surface area contributed by atoms with Gasteiger partial charge in [-0.15, -0.1) is 0 Å². The molecule has 1 fully saturated rings. The molecule has 21 heavy (non-hydrogen) atoms. The second-order valence-electron chi connectivity index (χ2n) is 4.66. The number of carbonyl (C=O) groups is 2. The molecule has 0 spiro atoms. The second kappa shape index (κ2) is 6.05. The number of amides is 2. The van der Waals surface area contributed by atoms with E-state index in [1.165, 1.54) is 11.0 Å². The molecule has 0 saturated carbocycles. The molecule has 2 rings (SSSR count). The van der Waals surface area contributed by atoms with Gasteiger partial charge in [0.15, 0.2) is 0 Å². The van der Waals surface area contributed by atoms with E-state index < -0.39 is 17.6 Å². The highest BCUT2D eigenvalue weighted by molar-refractivity contribution is 9.10. The zero-order valence-electron chi connectivity index (χ0n) is 10.8. The Morgan fingerprint density at radius 2 is 2.10 bits per heavy atom. The molecule has 2 amide bonds. The van der Waals surface area contributed by atoms with Crippen molar-refractivity contribution in [2.24, 2.45) is 0 Å². The molecular weight excluding hydrogens is 353 g/mol. The van der Waals surface area contributed by atoms with Gasteiger partial charge in [0.2, 0.25) is 11.8 Å². The first-order valence-corrected chi connectivity index (χ1v) is 7.01. The van der Waals surface area contributed by atoms with Crippen molar-refractivity contribution in [3.63, 3.8) is 0 Å². The summed E-state index contributed by atoms with van der Waals surface area (Å²) in [5.74, 6) is -0.640. The molecule has 114 valence electrons. The number of likely N-dealkylation sites (tertiary alicyclic amines) is 1. The lowest BCUT2D eigenvalue weighted by Crippen LogP contribution is -2.34. The Bertz CT molecular complexity index is 575. The largest absolute Gasteiger partial charge is 0.416 e. The number of hydrogen-bond donors (Lipinski definition) is 1. The van der Waals surface area contributed by atoms with Gasteiger partial charge in [-0.3, -0.25) is 9.59 Å². The second-order valence-corrected chi connectivity index (χ2v) is 5.51. The topological polar surface area (TPSA) is 49.4 Å². The number of carbonyl (C=O) groups excluding carboxylic acids is 2. The quantitative estimate of drug-likeness (QED) is 0.895. The van der Waals surface area contributed by atoms with Crippen molar-refractivity contribution in [2.75, 3.05) is 18.4 Å². The Labute approximate surface area is 127 Å². The van der Waals surface area contributed by atoms with Crippen molar-refractivity contribution < 1.29 is 22.8 Å². The molecule has 0 aliphatic carbocycles. The van der Waals surface area contributed by atoms with E-state index in [4.69, 9.17) is 0 Å². The fourth-order valence-corrected chi connectivity index (χ4v) is 2.38. The molecule has 1 aliphatic heterocycles. The fourth-order valence-electron chi connectivity index (χ4n) is 2.03. The maximum atomic E-state index is 12.6. The Balaban J connectivity index is 2.08. The Hall–Kier alpha value is -1.57. The summed E-state index contributed by atoms with van der Waals surface area (Å²) in [6.07, 6.45) is -3.38. The number of nitrogens with one attached hydrogen (secondary N) is 1. The molecule has 0 radical (unpaired) electrons. The summed E-state index contributed by atoms with van der Waals surface area (Å²) in [7, 11) is 0. The molecule has 8 heteroatoms. The third-order valence-corrected chi connectivity index (χ3v) is 3.77. The van der Waals surface area contributed by atoms with Crippen molar-refractivity contribution in [3.05, 3.63) is 28.2 Å². The van der Waals surface area contributed by atoms with Gasteiger partial charge in [-0.1, -0.05) is 0 Å². The highest BCUT2D eigenvalue weighted by Crippen LogP contribution is 2.33. The van der Waals surface area contributed by atoms with Crippen LogP contribution in [0.2, 0.25) is 0 Å². The van der Waals surface area contributed by atoms with Crippen LogP contribution in [0, 0.1) is 0 Å². The van der Waals surface area contributed by atoms with Crippen LogP contribution in [0.25, 0.3) is 0 Å². The van der Waals surface area contributed by atoms with Gasteiger partial charge in [-0.25, -0.2) is 0 Å². The van der Waals surface area contributed by atoms with E-state index in [1.54, 1.807) is 0 Å². The van der Waals surface area contributed by atoms with E-state index in [1.807, 2.05) is 0 Å². The first kappa shape index (κ1) is 15.8. The molecule has 4 nitrogen and oxygen atoms in total. The smallest absolute Gasteiger partial charge is 0.333 e. The molecule has 0 atom stereocenters. The van der Waals surface area contributed by atoms with Crippen molar-refractivity contribution in [3.8, 4) is 0 Å². The van der Waals surface area contributed by atoms with Gasteiger partial charge in [-0.05, 0) is 40.5 Å². The standard InChI is InChI=1S/C13H12BrF3N2O2/c14-9-4-3-8(13(15,16)17)6-10(9)18-11(20)7-19-5-1-2-12(19)21/h3-4,6H,1-2,5,7H2,(H,18,20). The minimum absolute atomic E-state index is 0.0291. The normalized spacial score (nSPS) is 15.4. The van der Waals surface area contributed by atoms with Crippen LogP contribution in [0.5, 0.6) is 0 Å². The minimum atomic E-state index is -4.48. The lowest BCUT2D eigenvalue weighted by molar-refractivity contribution is -0.137. The highest BCUT2D eigenvalue weighted by Gasteiger charge is 2.31. The first-order valence-electron chi connectivity index (χ1n) is 6.22. The molecule has 0 bridgehead atoms. The zero-order valence-corrected chi connectivity index (χ0v) is 12.4. The molecule has 0 aromatic heterocycles. The molecule has 1 saturated heterocycles. The third-order valence-electron chi connectivity index (χ3n) is 3.07. The molecule has 1 heterocycles. The van der Waals surface area contributed by atoms with Crippen LogP contribution in [-0.2, 0) is 15.8 Å². The van der Waals surface area contributed by atoms with Crippen molar-refractivity contribution in [1.82, 2.24) is 4.90 Å². The van der Waals surface area contributed by atoms with Crippen molar-refractivity contribution in [2.45, 2.75) is 19.0 Å². The van der Waals surface area contributed by atoms with Crippen LogP contribution in [0.1, 0.15) is 18.4 Å². The number of halogens is 4. The van der Waals surface area contributed by atoms with Gasteiger partial charge >= 0.3 is 6.18 Å². The monoisotopic (exact) mass is 364 g/mol. The number of benzene rings is 1. The zero-order chi connectivity index (χ0) is 15.6. The summed E-state index contributed by atoms with van der Waals surface area (Å²) in [6.45, 7) is 0.345. The molecule has 1 N–H and O–H groups in total. The first-order chi connectivity index (χ1) is 9.77. The van der Waals surface area contributed by atoms with Gasteiger partial charge in [0.1, 0.15) is 0 Å². The van der Waals surface area contributed by atoms with Crippen LogP contribution in [0.4, 0.5) is 18.9 Å². The summed E-state index contributed by atoms with van der Waals surface area (Å²) in [5.41, 5.74) is -0.820. The van der Waals surface area contributed by atoms with E-state index in [-0.39, 0.29) is 18.1 Å². The summed E-state index contributed by atoms with van der Waals surface area (Å²) < 4.78 is 38.2. The number of anilines is 1. The Kier molecular flexibility index (Phi) is 4.55. The third kappa shape index (κ3) is 3.96. The van der Waals surface area contributed by atoms with E-state index in [0.717, 1.165) is 12.1 Å². The van der Waals surface area contributed by atoms with Crippen LogP contribution in [0.3, 0.4) is 0 Å². The van der Waals surface area contributed by atoms with Crippen LogP contribution < -0.4 is 5.32 Å². The average Bonchev–Trinajstić information content (AvgIpc) is 2.76. The van der Waals surface area contributed by atoms with Crippen LogP contribution >= 0.6 is 15.9 Å². The molecular formula is C13H12BrF3N2O2. The Morgan fingerprint density at radius 1 is 1.38 bits per heavy atom. The highest BCUT2D eigenvalue weighted by atomic mass is 79.9. The molecule has 0 unspecified atom stereocenters. The lowest BCUT2D eigenvalue weighted by atomic mass is 10.2. The van der Waals surface area contributed by atoms with Gasteiger partial charge in [0.05, 0.1) is 17.8 Å². The summed E-state index contributed by atoms with van der Waals surface area (Å²) in [5, 5.41) is 2.39. The number of hydrogen-bond acceptors (Lipinski definition) is 2. The van der Waals surface area contributed by atoms with Gasteiger partial charge in [-0.2, -0.15) is 13.2 Å². The van der Waals surface area contributed by atoms with Gasteiger partial charge in [0.25, 0.3) is 0 Å². The minimum Gasteiger partial charge on any atom is -0.333 e. The maximum Gasteiger partial charge on any atom is 0.416 e. The average molecular weight is 365 g/mol. The van der Waals surface area contributed by atoms with E-state index in [2.05, 4.69) is 21.2 Å². The number of rotatable bonds is 3. The summed E-state index contributed by atoms with van der Waals surface area (Å²) >= 11 is 3.09. The molecule has 1 aromatic rings. The fraction of sp³-hybridized carbons (Fsp3) is 0.385. The van der Waals surface area contributed by atoms with Crippen LogP contribution in [-0.4, -0.2) is 29.8 Å². The van der Waals surface area contributed by atoms with Crippen molar-refractivity contribution >= 4 is 33.4 Å². The van der Waals surface area contributed by atoms with Gasteiger partial charge in [0, 0.05) is 17.4 Å². The lowest BCUT2D eigenvalue weighted by Gasteiger charge is -2.16. The van der Waals surface area contributed by atoms with Gasteiger partial charge < -0.3 is 10.2 Å². The summed E-state index contributed by atoms with van der Waals surface area (Å²) in [4.78, 5) is 24.6. The predicted molar refractivity (Wildman–Crippen MR) is 73.6 cm³/mol. The van der Waals surface area contributed by atoms with E-state index in [9.17, 15) is 22.8 Å². The summed E-state index contributed by atoms with van der Waals surface area (Å²) in [6, 6.07) is 3.00. The molecule has 1 aromatic carbocycles. The van der Waals surface area contributed by atoms with Crippen LogP contribution in [0.15, 0.2) is 22.7 Å². The van der Waals surface area contributed by atoms with E-state index in [0.29, 0.717) is 23.9 Å². The maximum absolute atomic E-state index is 12.6. The van der Waals surface area contributed by atoms with E-state index >= 15 is 0 Å².